The van der Waals surface area contributed by atoms with Gasteiger partial charge in [0.25, 0.3) is 5.91 Å². The molecule has 0 bridgehead atoms. The summed E-state index contributed by atoms with van der Waals surface area (Å²) in [6.45, 7) is 9.14. The summed E-state index contributed by atoms with van der Waals surface area (Å²) in [4.78, 5) is 24.1. The maximum Gasteiger partial charge on any atom is 0.340 e. The number of nitrogens with zero attached hydrogens (tertiary/aromatic N) is 1. The summed E-state index contributed by atoms with van der Waals surface area (Å²) < 4.78 is 7.15. The zero-order valence-electron chi connectivity index (χ0n) is 14.8. The molecule has 24 heavy (non-hydrogen) atoms. The number of carbonyl (C=O) groups is 2. The predicted octanol–water partition coefficient (Wildman–Crippen LogP) is 3.17. The van der Waals surface area contributed by atoms with Gasteiger partial charge in [-0.2, -0.15) is 0 Å². The molecule has 0 saturated carbocycles. The Morgan fingerprint density at radius 3 is 2.33 bits per heavy atom. The molecule has 1 amide bonds. The van der Waals surface area contributed by atoms with E-state index in [1.165, 1.54) is 0 Å². The first-order valence-corrected chi connectivity index (χ1v) is 7.91. The van der Waals surface area contributed by atoms with Gasteiger partial charge in [-0.3, -0.25) is 4.79 Å². The number of para-hydroxylation sites is 1. The van der Waals surface area contributed by atoms with Gasteiger partial charge in [-0.05, 0) is 52.8 Å². The van der Waals surface area contributed by atoms with Crippen molar-refractivity contribution in [2.75, 3.05) is 6.61 Å². The van der Waals surface area contributed by atoms with Crippen molar-refractivity contribution in [3.05, 3.63) is 53.3 Å². The zero-order chi connectivity index (χ0) is 17.9. The van der Waals surface area contributed by atoms with Gasteiger partial charge in [-0.25, -0.2) is 4.79 Å². The van der Waals surface area contributed by atoms with E-state index in [2.05, 4.69) is 5.32 Å². The van der Waals surface area contributed by atoms with E-state index in [9.17, 15) is 9.59 Å². The molecule has 0 fully saturated rings. The van der Waals surface area contributed by atoms with Crippen LogP contribution in [0.25, 0.3) is 5.69 Å². The number of benzene rings is 1. The van der Waals surface area contributed by atoms with E-state index < -0.39 is 5.97 Å². The van der Waals surface area contributed by atoms with Crippen molar-refractivity contribution in [1.29, 1.82) is 0 Å². The topological polar surface area (TPSA) is 60.3 Å². The zero-order valence-corrected chi connectivity index (χ0v) is 14.8. The lowest BCUT2D eigenvalue weighted by Crippen LogP contribution is -2.42. The average molecular weight is 328 g/mol. The number of aryl methyl sites for hydroxylation is 1. The molecule has 1 aromatic heterocycles. The molecular formula is C19H24N2O3. The van der Waals surface area contributed by atoms with Gasteiger partial charge < -0.3 is 14.6 Å². The molecule has 5 nitrogen and oxygen atoms in total. The van der Waals surface area contributed by atoms with Crippen LogP contribution in [0.2, 0.25) is 0 Å². The van der Waals surface area contributed by atoms with Crippen LogP contribution in [0.5, 0.6) is 0 Å². The van der Waals surface area contributed by atoms with Crippen molar-refractivity contribution in [3.8, 4) is 5.69 Å². The highest BCUT2D eigenvalue weighted by molar-refractivity contribution is 5.93. The van der Waals surface area contributed by atoms with Crippen molar-refractivity contribution >= 4 is 11.9 Å². The Morgan fingerprint density at radius 2 is 1.75 bits per heavy atom. The highest BCUT2D eigenvalue weighted by atomic mass is 16.5. The minimum Gasteiger partial charge on any atom is -0.452 e. The minimum absolute atomic E-state index is 0.287. The van der Waals surface area contributed by atoms with Crippen LogP contribution >= 0.6 is 0 Å². The molecule has 0 aliphatic rings. The van der Waals surface area contributed by atoms with Gasteiger partial charge in [0.1, 0.15) is 0 Å². The lowest BCUT2D eigenvalue weighted by atomic mass is 10.1. The highest BCUT2D eigenvalue weighted by Crippen LogP contribution is 2.21. The lowest BCUT2D eigenvalue weighted by Gasteiger charge is -2.20. The van der Waals surface area contributed by atoms with Crippen LogP contribution < -0.4 is 5.32 Å². The largest absolute Gasteiger partial charge is 0.452 e. The number of hydrogen-bond acceptors (Lipinski definition) is 3. The lowest BCUT2D eigenvalue weighted by molar-refractivity contribution is -0.125. The average Bonchev–Trinajstić information content (AvgIpc) is 2.79. The Balaban J connectivity index is 2.13. The molecule has 0 aliphatic carbocycles. The van der Waals surface area contributed by atoms with Gasteiger partial charge in [0, 0.05) is 22.6 Å². The van der Waals surface area contributed by atoms with Crippen LogP contribution in [-0.4, -0.2) is 28.6 Å². The number of esters is 1. The van der Waals surface area contributed by atoms with Crippen molar-refractivity contribution in [2.45, 2.75) is 40.2 Å². The number of hydrogen-bond donors (Lipinski definition) is 1. The monoisotopic (exact) mass is 328 g/mol. The second kappa shape index (κ2) is 6.91. The molecule has 0 spiro atoms. The minimum atomic E-state index is -0.491. The fourth-order valence-corrected chi connectivity index (χ4v) is 2.61. The summed E-state index contributed by atoms with van der Waals surface area (Å²) in [6, 6.07) is 11.6. The van der Waals surface area contributed by atoms with E-state index >= 15 is 0 Å². The predicted molar refractivity (Wildman–Crippen MR) is 93.4 cm³/mol. The first-order chi connectivity index (χ1) is 11.2. The van der Waals surface area contributed by atoms with E-state index in [0.717, 1.165) is 17.1 Å². The fraction of sp³-hybridized carbons (Fsp3) is 0.368. The van der Waals surface area contributed by atoms with Crippen LogP contribution in [0, 0.1) is 13.8 Å². The Labute approximate surface area is 142 Å². The summed E-state index contributed by atoms with van der Waals surface area (Å²) in [5, 5.41) is 2.76. The second-order valence-corrected chi connectivity index (χ2v) is 6.83. The SMILES string of the molecule is Cc1cc(C(=O)OCC(=O)NC(C)(C)C)c(C)n1-c1ccccc1. The molecular weight excluding hydrogens is 304 g/mol. The molecule has 1 aromatic carbocycles. The van der Waals surface area contributed by atoms with Gasteiger partial charge in [0.2, 0.25) is 0 Å². The Bertz CT molecular complexity index is 740. The van der Waals surface area contributed by atoms with Gasteiger partial charge in [0.05, 0.1) is 5.56 Å². The van der Waals surface area contributed by atoms with Crippen LogP contribution in [-0.2, 0) is 9.53 Å². The van der Waals surface area contributed by atoms with E-state index in [1.807, 2.05) is 69.5 Å². The number of carbonyl (C=O) groups excluding carboxylic acids is 2. The van der Waals surface area contributed by atoms with E-state index in [4.69, 9.17) is 4.74 Å². The Hall–Kier alpha value is -2.56. The van der Waals surface area contributed by atoms with Gasteiger partial charge in [-0.15, -0.1) is 0 Å². The molecule has 0 radical (unpaired) electrons. The molecule has 0 aliphatic heterocycles. The fourth-order valence-electron chi connectivity index (χ4n) is 2.61. The molecule has 2 aromatic rings. The highest BCUT2D eigenvalue weighted by Gasteiger charge is 2.20. The summed E-state index contributed by atoms with van der Waals surface area (Å²) in [6.07, 6.45) is 0. The number of nitrogens with one attached hydrogen (secondary N) is 1. The molecule has 0 unspecified atom stereocenters. The van der Waals surface area contributed by atoms with Gasteiger partial charge in [-0.1, -0.05) is 18.2 Å². The second-order valence-electron chi connectivity index (χ2n) is 6.83. The Morgan fingerprint density at radius 1 is 1.12 bits per heavy atom. The van der Waals surface area contributed by atoms with Gasteiger partial charge in [0.15, 0.2) is 6.61 Å². The van der Waals surface area contributed by atoms with E-state index in [0.29, 0.717) is 5.56 Å². The van der Waals surface area contributed by atoms with Crippen molar-refractivity contribution in [3.63, 3.8) is 0 Å². The third-order valence-electron chi connectivity index (χ3n) is 3.51. The molecule has 1 N–H and O–H groups in total. The number of rotatable bonds is 4. The summed E-state index contributed by atoms with van der Waals surface area (Å²) >= 11 is 0. The first kappa shape index (κ1) is 17.8. The molecule has 0 saturated heterocycles. The maximum atomic E-state index is 12.3. The molecule has 5 heteroatoms. The summed E-state index contributed by atoms with van der Waals surface area (Å²) in [5.41, 5.74) is 2.83. The van der Waals surface area contributed by atoms with Crippen LogP contribution in [0.15, 0.2) is 36.4 Å². The van der Waals surface area contributed by atoms with E-state index in [1.54, 1.807) is 6.07 Å². The smallest absolute Gasteiger partial charge is 0.340 e. The number of ether oxygens (including phenoxy) is 1. The van der Waals surface area contributed by atoms with Crippen LogP contribution in [0.3, 0.4) is 0 Å². The quantitative estimate of drug-likeness (QED) is 0.877. The molecule has 128 valence electrons. The standard InChI is InChI=1S/C19H24N2O3/c1-13-11-16(14(2)21(13)15-9-7-6-8-10-15)18(23)24-12-17(22)20-19(3,4)5/h6-11H,12H2,1-5H3,(H,20,22). The van der Waals surface area contributed by atoms with Crippen molar-refractivity contribution in [1.82, 2.24) is 9.88 Å². The number of amides is 1. The third-order valence-corrected chi connectivity index (χ3v) is 3.51. The Kier molecular flexibility index (Phi) is 5.12. The summed E-state index contributed by atoms with van der Waals surface area (Å²) in [7, 11) is 0. The van der Waals surface area contributed by atoms with E-state index in [-0.39, 0.29) is 18.1 Å². The third kappa shape index (κ3) is 4.25. The summed E-state index contributed by atoms with van der Waals surface area (Å²) in [5.74, 6) is -0.804. The normalized spacial score (nSPS) is 11.2. The molecule has 2 rings (SSSR count). The van der Waals surface area contributed by atoms with Crippen LogP contribution in [0.4, 0.5) is 0 Å². The van der Waals surface area contributed by atoms with Crippen molar-refractivity contribution < 1.29 is 14.3 Å². The van der Waals surface area contributed by atoms with Gasteiger partial charge >= 0.3 is 5.97 Å². The maximum absolute atomic E-state index is 12.3. The van der Waals surface area contributed by atoms with Crippen LogP contribution in [0.1, 0.15) is 42.5 Å². The molecule has 0 atom stereocenters. The number of aromatic nitrogens is 1. The molecule has 1 heterocycles. The first-order valence-electron chi connectivity index (χ1n) is 7.91. The van der Waals surface area contributed by atoms with Crippen molar-refractivity contribution in [2.24, 2.45) is 0 Å².